The fourth-order valence-electron chi connectivity index (χ4n) is 3.54. The van der Waals surface area contributed by atoms with Gasteiger partial charge in [-0.2, -0.15) is 0 Å². The predicted octanol–water partition coefficient (Wildman–Crippen LogP) is 1.92. The second-order valence-corrected chi connectivity index (χ2v) is 8.14. The Morgan fingerprint density at radius 2 is 1.96 bits per heavy atom. The molecule has 0 saturated carbocycles. The monoisotopic (exact) mass is 361 g/mol. The van der Waals surface area contributed by atoms with Gasteiger partial charge < -0.3 is 9.80 Å². The minimum Gasteiger partial charge on any atom is -0.339 e. The summed E-state index contributed by atoms with van der Waals surface area (Å²) in [5.74, 6) is -0.197. The van der Waals surface area contributed by atoms with Crippen LogP contribution in [0.15, 0.2) is 18.7 Å². The zero-order chi connectivity index (χ0) is 17.8. The highest BCUT2D eigenvalue weighted by Crippen LogP contribution is 2.30. The van der Waals surface area contributed by atoms with Gasteiger partial charge in [0.25, 0.3) is 0 Å². The van der Waals surface area contributed by atoms with E-state index in [0.717, 1.165) is 32.7 Å². The summed E-state index contributed by atoms with van der Waals surface area (Å²) >= 11 is 1.97. The van der Waals surface area contributed by atoms with Gasteiger partial charge in [-0.15, -0.1) is 11.3 Å². The Bertz CT molecular complexity index is 624. The third-order valence-electron chi connectivity index (χ3n) is 5.08. The minimum atomic E-state index is -0.214. The molecule has 2 amide bonds. The zero-order valence-corrected chi connectivity index (χ0v) is 15.8. The van der Waals surface area contributed by atoms with Crippen LogP contribution in [0, 0.1) is 0 Å². The van der Waals surface area contributed by atoms with Crippen molar-refractivity contribution in [2.45, 2.75) is 32.2 Å². The van der Waals surface area contributed by atoms with Crippen LogP contribution in [-0.2, 0) is 29.0 Å². The van der Waals surface area contributed by atoms with Gasteiger partial charge in [0.1, 0.15) is 0 Å². The van der Waals surface area contributed by atoms with Gasteiger partial charge in [0, 0.05) is 49.5 Å². The standard InChI is InChI=1S/C19H27N3O2S/c1-3-18(23)20(2)14-19(24)22-10-8-21(9-11-22)13-16-12-15-6-4-5-7-17(15)25-16/h3,12H,1,4-11,13-14H2,2H3. The van der Waals surface area contributed by atoms with Crippen LogP contribution in [0.25, 0.3) is 0 Å². The molecule has 3 rings (SSSR count). The molecule has 1 aromatic rings. The smallest absolute Gasteiger partial charge is 0.246 e. The van der Waals surface area contributed by atoms with Crippen LogP contribution >= 0.6 is 11.3 Å². The lowest BCUT2D eigenvalue weighted by molar-refractivity contribution is -0.138. The fraction of sp³-hybridized carbons (Fsp3) is 0.579. The van der Waals surface area contributed by atoms with Crippen LogP contribution in [0.2, 0.25) is 0 Å². The van der Waals surface area contributed by atoms with Gasteiger partial charge in [-0.05, 0) is 43.4 Å². The Morgan fingerprint density at radius 3 is 2.64 bits per heavy atom. The number of aryl methyl sites for hydroxylation is 2. The number of piperazine rings is 1. The molecule has 2 heterocycles. The molecule has 0 unspecified atom stereocenters. The molecular weight excluding hydrogens is 334 g/mol. The third-order valence-corrected chi connectivity index (χ3v) is 6.30. The van der Waals surface area contributed by atoms with E-state index in [1.54, 1.807) is 17.5 Å². The maximum Gasteiger partial charge on any atom is 0.246 e. The van der Waals surface area contributed by atoms with Crippen molar-refractivity contribution in [1.82, 2.24) is 14.7 Å². The first-order chi connectivity index (χ1) is 12.1. The first-order valence-corrected chi connectivity index (χ1v) is 9.86. The van der Waals surface area contributed by atoms with E-state index in [1.165, 1.54) is 41.5 Å². The SMILES string of the molecule is C=CC(=O)N(C)CC(=O)N1CCN(Cc2cc3c(s2)CCCC3)CC1. The molecule has 1 aromatic heterocycles. The van der Waals surface area contributed by atoms with Crippen LogP contribution in [0.1, 0.15) is 28.2 Å². The molecule has 6 heteroatoms. The number of hydrogen-bond donors (Lipinski definition) is 0. The first kappa shape index (κ1) is 18.1. The van der Waals surface area contributed by atoms with E-state index in [2.05, 4.69) is 17.5 Å². The molecule has 0 radical (unpaired) electrons. The van der Waals surface area contributed by atoms with E-state index in [9.17, 15) is 9.59 Å². The number of carbonyl (C=O) groups excluding carboxylic acids is 2. The van der Waals surface area contributed by atoms with Gasteiger partial charge in [0.2, 0.25) is 11.8 Å². The van der Waals surface area contributed by atoms with Gasteiger partial charge in [-0.25, -0.2) is 0 Å². The Morgan fingerprint density at radius 1 is 1.24 bits per heavy atom. The van der Waals surface area contributed by atoms with Crippen LogP contribution in [0.3, 0.4) is 0 Å². The third kappa shape index (κ3) is 4.50. The summed E-state index contributed by atoms with van der Waals surface area (Å²) in [4.78, 5) is 32.6. The Kier molecular flexibility index (Phi) is 5.91. The molecule has 1 fully saturated rings. The molecule has 2 aliphatic rings. The van der Waals surface area contributed by atoms with E-state index in [0.29, 0.717) is 0 Å². The molecular formula is C19H27N3O2S. The highest BCUT2D eigenvalue weighted by Gasteiger charge is 2.23. The number of nitrogens with zero attached hydrogens (tertiary/aromatic N) is 3. The average Bonchev–Trinajstić information content (AvgIpc) is 3.03. The van der Waals surface area contributed by atoms with Crippen molar-refractivity contribution in [2.75, 3.05) is 39.8 Å². The largest absolute Gasteiger partial charge is 0.339 e. The number of rotatable bonds is 5. The molecule has 0 atom stereocenters. The summed E-state index contributed by atoms with van der Waals surface area (Å²) in [6, 6.07) is 2.40. The van der Waals surface area contributed by atoms with Gasteiger partial charge in [-0.3, -0.25) is 14.5 Å². The van der Waals surface area contributed by atoms with E-state index in [4.69, 9.17) is 0 Å². The Hall–Kier alpha value is -1.66. The van der Waals surface area contributed by atoms with Crippen molar-refractivity contribution < 1.29 is 9.59 Å². The minimum absolute atomic E-state index is 0.0175. The van der Waals surface area contributed by atoms with Crippen molar-refractivity contribution in [3.8, 4) is 0 Å². The summed E-state index contributed by atoms with van der Waals surface area (Å²) in [7, 11) is 1.64. The highest BCUT2D eigenvalue weighted by atomic mass is 32.1. The molecule has 0 spiro atoms. The number of likely N-dealkylation sites (N-methyl/N-ethyl adjacent to an activating group) is 1. The zero-order valence-electron chi connectivity index (χ0n) is 15.0. The molecule has 0 N–H and O–H groups in total. The van der Waals surface area contributed by atoms with Crippen molar-refractivity contribution >= 4 is 23.2 Å². The van der Waals surface area contributed by atoms with E-state index in [1.807, 2.05) is 16.2 Å². The lowest BCUT2D eigenvalue weighted by Crippen LogP contribution is -2.50. The summed E-state index contributed by atoms with van der Waals surface area (Å²) in [5.41, 5.74) is 1.56. The van der Waals surface area contributed by atoms with Gasteiger partial charge in [0.05, 0.1) is 6.54 Å². The molecule has 25 heavy (non-hydrogen) atoms. The number of thiophene rings is 1. The van der Waals surface area contributed by atoms with Crippen molar-refractivity contribution in [1.29, 1.82) is 0 Å². The topological polar surface area (TPSA) is 43.9 Å². The van der Waals surface area contributed by atoms with Crippen molar-refractivity contribution in [3.63, 3.8) is 0 Å². The maximum atomic E-state index is 12.3. The number of hydrogen-bond acceptors (Lipinski definition) is 4. The number of carbonyl (C=O) groups is 2. The molecule has 136 valence electrons. The lowest BCUT2D eigenvalue weighted by Gasteiger charge is -2.35. The van der Waals surface area contributed by atoms with Gasteiger partial charge in [-0.1, -0.05) is 6.58 Å². The molecule has 0 aromatic carbocycles. The summed E-state index contributed by atoms with van der Waals surface area (Å²) in [6.07, 6.45) is 6.39. The van der Waals surface area contributed by atoms with Gasteiger partial charge in [0.15, 0.2) is 0 Å². The van der Waals surface area contributed by atoms with E-state index < -0.39 is 0 Å². The molecule has 0 bridgehead atoms. The molecule has 1 aliphatic carbocycles. The average molecular weight is 362 g/mol. The summed E-state index contributed by atoms with van der Waals surface area (Å²) < 4.78 is 0. The van der Waals surface area contributed by atoms with Crippen molar-refractivity contribution in [3.05, 3.63) is 34.0 Å². The number of fused-ring (bicyclic) bond motifs is 1. The normalized spacial score (nSPS) is 17.9. The van der Waals surface area contributed by atoms with Crippen LogP contribution in [0.5, 0.6) is 0 Å². The first-order valence-electron chi connectivity index (χ1n) is 9.05. The van der Waals surface area contributed by atoms with Crippen LogP contribution < -0.4 is 0 Å². The molecule has 1 aliphatic heterocycles. The highest BCUT2D eigenvalue weighted by molar-refractivity contribution is 7.12. The van der Waals surface area contributed by atoms with Crippen molar-refractivity contribution in [2.24, 2.45) is 0 Å². The van der Waals surface area contributed by atoms with E-state index >= 15 is 0 Å². The maximum absolute atomic E-state index is 12.3. The molecule has 5 nitrogen and oxygen atoms in total. The second kappa shape index (κ2) is 8.15. The molecule has 1 saturated heterocycles. The number of amides is 2. The summed E-state index contributed by atoms with van der Waals surface area (Å²) in [5, 5.41) is 0. The van der Waals surface area contributed by atoms with Gasteiger partial charge >= 0.3 is 0 Å². The van der Waals surface area contributed by atoms with E-state index in [-0.39, 0.29) is 18.4 Å². The van der Waals surface area contributed by atoms with Crippen LogP contribution in [0.4, 0.5) is 0 Å². The van der Waals surface area contributed by atoms with Crippen LogP contribution in [-0.4, -0.2) is 66.3 Å². The Labute approximate surface area is 153 Å². The second-order valence-electron chi connectivity index (χ2n) is 6.92. The predicted molar refractivity (Wildman–Crippen MR) is 101 cm³/mol. The Balaban J connectivity index is 1.47. The summed E-state index contributed by atoms with van der Waals surface area (Å²) in [6.45, 7) is 7.84. The quantitative estimate of drug-likeness (QED) is 0.753. The lowest BCUT2D eigenvalue weighted by atomic mass is 9.99. The fourth-order valence-corrected chi connectivity index (χ4v) is 4.85.